The molecule has 4 nitrogen and oxygen atoms in total. The summed E-state index contributed by atoms with van der Waals surface area (Å²) in [5.41, 5.74) is 0.948. The highest BCUT2D eigenvalue weighted by Crippen LogP contribution is 2.10. The summed E-state index contributed by atoms with van der Waals surface area (Å²) < 4.78 is 26.6. The molecule has 0 fully saturated rings. The second-order valence-electron chi connectivity index (χ2n) is 4.67. The van der Waals surface area contributed by atoms with Crippen molar-refractivity contribution >= 4 is 10.0 Å². The Morgan fingerprint density at radius 1 is 1.11 bits per heavy atom. The predicted octanol–water partition coefficient (Wildman–Crippen LogP) is 2.05. The molecule has 1 aromatic rings. The maximum atomic E-state index is 12.0. The molecular formula is C14H24N2O2S. The predicted molar refractivity (Wildman–Crippen MR) is 78.8 cm³/mol. The lowest BCUT2D eigenvalue weighted by atomic mass is 10.2. The smallest absolute Gasteiger partial charge is 0.240 e. The van der Waals surface area contributed by atoms with Gasteiger partial charge in [-0.15, -0.1) is 0 Å². The van der Waals surface area contributed by atoms with Crippen molar-refractivity contribution in [1.29, 1.82) is 0 Å². The van der Waals surface area contributed by atoms with E-state index in [2.05, 4.69) is 17.0 Å². The summed E-state index contributed by atoms with van der Waals surface area (Å²) in [4.78, 5) is 0.339. The van der Waals surface area contributed by atoms with E-state index in [1.807, 2.05) is 13.0 Å². The molecule has 0 spiro atoms. The van der Waals surface area contributed by atoms with Gasteiger partial charge in [-0.2, -0.15) is 0 Å². The zero-order valence-electron chi connectivity index (χ0n) is 11.8. The molecule has 0 unspecified atom stereocenters. The molecule has 0 amide bonds. The van der Waals surface area contributed by atoms with Crippen molar-refractivity contribution in [3.63, 3.8) is 0 Å². The van der Waals surface area contributed by atoms with E-state index in [1.54, 1.807) is 18.2 Å². The van der Waals surface area contributed by atoms with E-state index in [0.29, 0.717) is 11.4 Å². The molecule has 0 atom stereocenters. The first-order valence-electron chi connectivity index (χ1n) is 6.83. The van der Waals surface area contributed by atoms with Crippen molar-refractivity contribution in [3.8, 4) is 0 Å². The molecule has 0 aliphatic heterocycles. The van der Waals surface area contributed by atoms with Crippen LogP contribution >= 0.6 is 0 Å². The first-order valence-corrected chi connectivity index (χ1v) is 8.31. The Morgan fingerprint density at radius 3 is 2.53 bits per heavy atom. The first-order chi connectivity index (χ1) is 9.06. The average Bonchev–Trinajstić information content (AvgIpc) is 2.38. The highest BCUT2D eigenvalue weighted by molar-refractivity contribution is 7.89. The Balaban J connectivity index is 2.32. The van der Waals surface area contributed by atoms with Crippen LogP contribution in [0.2, 0.25) is 0 Å². The maximum absolute atomic E-state index is 12.0. The van der Waals surface area contributed by atoms with Crippen molar-refractivity contribution in [3.05, 3.63) is 29.8 Å². The van der Waals surface area contributed by atoms with Crippen LogP contribution < -0.4 is 10.0 Å². The number of benzene rings is 1. The molecular weight excluding hydrogens is 260 g/mol. The lowest BCUT2D eigenvalue weighted by Crippen LogP contribution is -2.27. The Bertz CT molecular complexity index is 472. The fourth-order valence-corrected chi connectivity index (χ4v) is 2.89. The van der Waals surface area contributed by atoms with Gasteiger partial charge in [0.05, 0.1) is 4.90 Å². The number of unbranched alkanes of at least 4 members (excludes halogenated alkanes) is 1. The van der Waals surface area contributed by atoms with Crippen LogP contribution in [-0.4, -0.2) is 28.1 Å². The summed E-state index contributed by atoms with van der Waals surface area (Å²) in [6.45, 7) is 6.35. The van der Waals surface area contributed by atoms with Crippen LogP contribution in [0.4, 0.5) is 0 Å². The van der Waals surface area contributed by atoms with Crippen molar-refractivity contribution in [2.45, 2.75) is 38.0 Å². The highest BCUT2D eigenvalue weighted by atomic mass is 32.2. The van der Waals surface area contributed by atoms with Gasteiger partial charge in [-0.25, -0.2) is 13.1 Å². The second-order valence-corrected chi connectivity index (χ2v) is 6.44. The minimum Gasteiger partial charge on any atom is -0.317 e. The summed E-state index contributed by atoms with van der Waals surface area (Å²) in [5, 5.41) is 3.29. The number of sulfonamides is 1. The molecule has 0 aliphatic rings. The van der Waals surface area contributed by atoms with E-state index in [0.717, 1.165) is 31.5 Å². The second kappa shape index (κ2) is 8.30. The van der Waals surface area contributed by atoms with Crippen LogP contribution in [0.15, 0.2) is 29.2 Å². The Morgan fingerprint density at radius 2 is 1.84 bits per heavy atom. The molecule has 0 radical (unpaired) electrons. The quantitative estimate of drug-likeness (QED) is 0.682. The van der Waals surface area contributed by atoms with Crippen LogP contribution in [0.1, 0.15) is 31.7 Å². The van der Waals surface area contributed by atoms with Crippen LogP contribution in [-0.2, 0) is 10.0 Å². The fraction of sp³-hybridized carbons (Fsp3) is 0.571. The van der Waals surface area contributed by atoms with Gasteiger partial charge in [0, 0.05) is 6.54 Å². The lowest BCUT2D eigenvalue weighted by Gasteiger charge is -2.08. The standard InChI is InChI=1S/C14H24N2O2S/c1-3-4-9-15-10-6-11-16-19(17,18)14-8-5-7-13(2)12-14/h5,7-8,12,15-16H,3-4,6,9-11H2,1-2H3. The molecule has 0 saturated carbocycles. The SMILES string of the molecule is CCCCNCCCNS(=O)(=O)c1cccc(C)c1. The van der Waals surface area contributed by atoms with Crippen molar-refractivity contribution in [2.75, 3.05) is 19.6 Å². The van der Waals surface area contributed by atoms with E-state index in [9.17, 15) is 8.42 Å². The van der Waals surface area contributed by atoms with Gasteiger partial charge in [-0.05, 0) is 50.6 Å². The molecule has 0 aliphatic carbocycles. The number of hydrogen-bond donors (Lipinski definition) is 2. The maximum Gasteiger partial charge on any atom is 0.240 e. The number of hydrogen-bond acceptors (Lipinski definition) is 3. The van der Waals surface area contributed by atoms with Crippen molar-refractivity contribution < 1.29 is 8.42 Å². The molecule has 19 heavy (non-hydrogen) atoms. The average molecular weight is 284 g/mol. The van der Waals surface area contributed by atoms with Gasteiger partial charge >= 0.3 is 0 Å². The van der Waals surface area contributed by atoms with E-state index in [1.165, 1.54) is 6.42 Å². The molecule has 1 aromatic carbocycles. The molecule has 108 valence electrons. The molecule has 0 heterocycles. The highest BCUT2D eigenvalue weighted by Gasteiger charge is 2.12. The summed E-state index contributed by atoms with van der Waals surface area (Å²) >= 11 is 0. The molecule has 2 N–H and O–H groups in total. The van der Waals surface area contributed by atoms with Crippen LogP contribution in [0.25, 0.3) is 0 Å². The van der Waals surface area contributed by atoms with Gasteiger partial charge in [-0.3, -0.25) is 0 Å². The lowest BCUT2D eigenvalue weighted by molar-refractivity contribution is 0.571. The van der Waals surface area contributed by atoms with Gasteiger partial charge in [0.2, 0.25) is 10.0 Å². The first kappa shape index (κ1) is 16.1. The van der Waals surface area contributed by atoms with E-state index < -0.39 is 10.0 Å². The van der Waals surface area contributed by atoms with Gasteiger partial charge in [0.15, 0.2) is 0 Å². The molecule has 1 rings (SSSR count). The Labute approximate surface area is 116 Å². The van der Waals surface area contributed by atoms with Gasteiger partial charge in [-0.1, -0.05) is 25.5 Å². The topological polar surface area (TPSA) is 58.2 Å². The third kappa shape index (κ3) is 6.18. The van der Waals surface area contributed by atoms with Gasteiger partial charge < -0.3 is 5.32 Å². The molecule has 0 aromatic heterocycles. The van der Waals surface area contributed by atoms with Crippen LogP contribution in [0, 0.1) is 6.92 Å². The molecule has 0 bridgehead atoms. The summed E-state index contributed by atoms with van der Waals surface area (Å²) in [6, 6.07) is 6.95. The minimum absolute atomic E-state index is 0.339. The van der Waals surface area contributed by atoms with Crippen molar-refractivity contribution in [2.24, 2.45) is 0 Å². The van der Waals surface area contributed by atoms with Crippen LogP contribution in [0.3, 0.4) is 0 Å². The summed E-state index contributed by atoms with van der Waals surface area (Å²) in [5.74, 6) is 0. The molecule has 0 saturated heterocycles. The number of nitrogens with one attached hydrogen (secondary N) is 2. The largest absolute Gasteiger partial charge is 0.317 e. The normalized spacial score (nSPS) is 11.7. The van der Waals surface area contributed by atoms with Crippen LogP contribution in [0.5, 0.6) is 0 Å². The third-order valence-corrected chi connectivity index (χ3v) is 4.29. The molecule has 5 heteroatoms. The van der Waals surface area contributed by atoms with Gasteiger partial charge in [0.1, 0.15) is 0 Å². The summed E-state index contributed by atoms with van der Waals surface area (Å²) in [7, 11) is -3.36. The minimum atomic E-state index is -3.36. The fourth-order valence-electron chi connectivity index (χ4n) is 1.71. The van der Waals surface area contributed by atoms with Gasteiger partial charge in [0.25, 0.3) is 0 Å². The number of rotatable bonds is 9. The van der Waals surface area contributed by atoms with E-state index >= 15 is 0 Å². The van der Waals surface area contributed by atoms with E-state index in [4.69, 9.17) is 0 Å². The Kier molecular flexibility index (Phi) is 7.05. The zero-order chi connectivity index (χ0) is 14.1. The monoisotopic (exact) mass is 284 g/mol. The Hall–Kier alpha value is -0.910. The van der Waals surface area contributed by atoms with Crippen molar-refractivity contribution in [1.82, 2.24) is 10.0 Å². The van der Waals surface area contributed by atoms with E-state index in [-0.39, 0.29) is 0 Å². The third-order valence-electron chi connectivity index (χ3n) is 2.83. The zero-order valence-corrected chi connectivity index (χ0v) is 12.6. The number of aryl methyl sites for hydroxylation is 1. The summed E-state index contributed by atoms with van der Waals surface area (Å²) in [6.07, 6.45) is 3.14.